The lowest BCUT2D eigenvalue weighted by molar-refractivity contribution is -0.119. The Morgan fingerprint density at radius 3 is 2.44 bits per heavy atom. The highest BCUT2D eigenvalue weighted by molar-refractivity contribution is 7.89. The van der Waals surface area contributed by atoms with E-state index in [4.69, 9.17) is 0 Å². The van der Waals surface area contributed by atoms with Crippen LogP contribution < -0.4 is 4.90 Å². The Morgan fingerprint density at radius 1 is 1.00 bits per heavy atom. The third-order valence-corrected chi connectivity index (χ3v) is 7.88. The third-order valence-electron chi connectivity index (χ3n) is 5.95. The summed E-state index contributed by atoms with van der Waals surface area (Å²) in [5.41, 5.74) is 4.35. The summed E-state index contributed by atoms with van der Waals surface area (Å²) in [7, 11) is -3.89. The average Bonchev–Trinajstić information content (AvgIpc) is 3.11. The highest BCUT2D eigenvalue weighted by Gasteiger charge is 2.35. The van der Waals surface area contributed by atoms with Crippen LogP contribution in [0.3, 0.4) is 0 Å². The van der Waals surface area contributed by atoms with E-state index >= 15 is 0 Å². The van der Waals surface area contributed by atoms with E-state index in [1.165, 1.54) is 4.31 Å². The van der Waals surface area contributed by atoms with Crippen molar-refractivity contribution in [2.75, 3.05) is 11.4 Å². The molecule has 0 saturated heterocycles. The van der Waals surface area contributed by atoms with E-state index < -0.39 is 10.0 Å². The predicted molar refractivity (Wildman–Crippen MR) is 127 cm³/mol. The van der Waals surface area contributed by atoms with Crippen molar-refractivity contribution in [2.45, 2.75) is 44.7 Å². The molecule has 4 rings (SSSR count). The molecule has 0 radical (unpaired) electrons. The van der Waals surface area contributed by atoms with Crippen LogP contribution >= 0.6 is 0 Å². The fourth-order valence-electron chi connectivity index (χ4n) is 4.31. The van der Waals surface area contributed by atoms with E-state index in [-0.39, 0.29) is 29.9 Å². The van der Waals surface area contributed by atoms with Gasteiger partial charge in [-0.15, -0.1) is 0 Å². The molecule has 1 amide bonds. The van der Waals surface area contributed by atoms with Gasteiger partial charge in [0.15, 0.2) is 0 Å². The van der Waals surface area contributed by atoms with Gasteiger partial charge in [-0.1, -0.05) is 60.7 Å². The van der Waals surface area contributed by atoms with Crippen LogP contribution in [0.15, 0.2) is 77.7 Å². The van der Waals surface area contributed by atoms with Crippen LogP contribution in [0.25, 0.3) is 0 Å². The Bertz CT molecular complexity index is 1240. The van der Waals surface area contributed by atoms with Crippen LogP contribution in [0.2, 0.25) is 0 Å². The van der Waals surface area contributed by atoms with Crippen LogP contribution in [-0.4, -0.2) is 31.2 Å². The molecule has 5 nitrogen and oxygen atoms in total. The zero-order valence-corrected chi connectivity index (χ0v) is 19.5. The van der Waals surface area contributed by atoms with Crippen LogP contribution in [0.4, 0.5) is 5.69 Å². The number of anilines is 1. The van der Waals surface area contributed by atoms with E-state index in [0.29, 0.717) is 5.56 Å². The summed E-state index contributed by atoms with van der Waals surface area (Å²) in [6, 6.07) is 22.6. The molecule has 1 heterocycles. The lowest BCUT2D eigenvalue weighted by atomic mass is 10.1. The molecule has 3 aromatic carbocycles. The quantitative estimate of drug-likeness (QED) is 0.559. The van der Waals surface area contributed by atoms with Gasteiger partial charge in [-0.25, -0.2) is 8.42 Å². The average molecular weight is 449 g/mol. The Morgan fingerprint density at radius 2 is 1.69 bits per heavy atom. The largest absolute Gasteiger partial charge is 0.308 e. The molecule has 0 aromatic heterocycles. The number of benzene rings is 3. The van der Waals surface area contributed by atoms with Crippen LogP contribution in [0.1, 0.15) is 29.2 Å². The molecule has 1 aliphatic rings. The predicted octanol–water partition coefficient (Wildman–Crippen LogP) is 4.47. The molecule has 1 unspecified atom stereocenters. The molecule has 0 aliphatic carbocycles. The Kier molecular flexibility index (Phi) is 6.17. The zero-order valence-electron chi connectivity index (χ0n) is 18.7. The second-order valence-corrected chi connectivity index (χ2v) is 10.4. The Labute approximate surface area is 190 Å². The molecule has 6 heteroatoms. The SMILES string of the molecule is Cc1ccc(C)c(S(=O)(=O)N(CC(=O)N2c3ccccc3CC2C)Cc2ccccc2)c1. The number of sulfonamides is 1. The maximum absolute atomic E-state index is 13.7. The van der Waals surface area contributed by atoms with Gasteiger partial charge in [0.25, 0.3) is 0 Å². The molecule has 166 valence electrons. The van der Waals surface area contributed by atoms with Crippen molar-refractivity contribution in [3.8, 4) is 0 Å². The van der Waals surface area contributed by atoms with Crippen molar-refractivity contribution in [3.63, 3.8) is 0 Å². The van der Waals surface area contributed by atoms with E-state index in [1.807, 2.05) is 80.6 Å². The number of fused-ring (bicyclic) bond motifs is 1. The molecule has 0 saturated carbocycles. The molecular formula is C26H28N2O3S. The first kappa shape index (κ1) is 22.2. The van der Waals surface area contributed by atoms with Crippen molar-refractivity contribution < 1.29 is 13.2 Å². The summed E-state index contributed by atoms with van der Waals surface area (Å²) in [5, 5.41) is 0. The number of para-hydroxylation sites is 1. The van der Waals surface area contributed by atoms with Gasteiger partial charge in [0.05, 0.1) is 11.4 Å². The van der Waals surface area contributed by atoms with E-state index in [9.17, 15) is 13.2 Å². The smallest absolute Gasteiger partial charge is 0.244 e. The molecule has 0 spiro atoms. The fourth-order valence-corrected chi connectivity index (χ4v) is 6.00. The van der Waals surface area contributed by atoms with Crippen LogP contribution in [-0.2, 0) is 27.8 Å². The lowest BCUT2D eigenvalue weighted by Crippen LogP contribution is -2.45. The molecule has 32 heavy (non-hydrogen) atoms. The summed E-state index contributed by atoms with van der Waals surface area (Å²) in [4.78, 5) is 15.5. The fraction of sp³-hybridized carbons (Fsp3) is 0.269. The minimum absolute atomic E-state index is 0.0121. The summed E-state index contributed by atoms with van der Waals surface area (Å²) in [6.07, 6.45) is 0.768. The highest BCUT2D eigenvalue weighted by Crippen LogP contribution is 2.32. The minimum atomic E-state index is -3.89. The Hall–Kier alpha value is -2.96. The topological polar surface area (TPSA) is 57.7 Å². The van der Waals surface area contributed by atoms with Gasteiger partial charge >= 0.3 is 0 Å². The monoisotopic (exact) mass is 448 g/mol. The lowest BCUT2D eigenvalue weighted by Gasteiger charge is -2.28. The van der Waals surface area contributed by atoms with Gasteiger partial charge < -0.3 is 4.90 Å². The minimum Gasteiger partial charge on any atom is -0.308 e. The van der Waals surface area contributed by atoms with Gasteiger partial charge in [0, 0.05) is 18.3 Å². The number of aryl methyl sites for hydroxylation is 2. The van der Waals surface area contributed by atoms with E-state index in [0.717, 1.165) is 28.8 Å². The number of rotatable bonds is 6. The number of amides is 1. The van der Waals surface area contributed by atoms with Gasteiger partial charge in [0.1, 0.15) is 0 Å². The van der Waals surface area contributed by atoms with Crippen LogP contribution in [0.5, 0.6) is 0 Å². The van der Waals surface area contributed by atoms with Crippen molar-refractivity contribution in [1.82, 2.24) is 4.31 Å². The standard InChI is InChI=1S/C26H28N2O3S/c1-19-13-14-20(2)25(15-19)32(30,31)27(17-22-9-5-4-6-10-22)18-26(29)28-21(3)16-23-11-7-8-12-24(23)28/h4-15,21H,16-18H2,1-3H3. The van der Waals surface area contributed by atoms with Crippen molar-refractivity contribution in [2.24, 2.45) is 0 Å². The third kappa shape index (κ3) is 4.33. The van der Waals surface area contributed by atoms with Crippen LogP contribution in [0, 0.1) is 13.8 Å². The summed E-state index contributed by atoms with van der Waals surface area (Å²) in [5.74, 6) is -0.215. The molecule has 3 aromatic rings. The second kappa shape index (κ2) is 8.88. The maximum atomic E-state index is 13.7. The number of hydrogen-bond donors (Lipinski definition) is 0. The number of hydrogen-bond acceptors (Lipinski definition) is 3. The Balaban J connectivity index is 1.70. The second-order valence-electron chi connectivity index (χ2n) is 8.47. The first-order valence-corrected chi connectivity index (χ1v) is 12.2. The number of carbonyl (C=O) groups excluding carboxylic acids is 1. The van der Waals surface area contributed by atoms with Crippen molar-refractivity contribution in [1.29, 1.82) is 0 Å². The van der Waals surface area contributed by atoms with E-state index in [1.54, 1.807) is 17.9 Å². The highest BCUT2D eigenvalue weighted by atomic mass is 32.2. The first-order chi connectivity index (χ1) is 15.3. The summed E-state index contributed by atoms with van der Waals surface area (Å²) >= 11 is 0. The summed E-state index contributed by atoms with van der Waals surface area (Å²) in [6.45, 7) is 5.57. The maximum Gasteiger partial charge on any atom is 0.244 e. The van der Waals surface area contributed by atoms with E-state index in [2.05, 4.69) is 0 Å². The number of carbonyl (C=O) groups is 1. The zero-order chi connectivity index (χ0) is 22.9. The van der Waals surface area contributed by atoms with Gasteiger partial charge in [-0.3, -0.25) is 4.79 Å². The van der Waals surface area contributed by atoms with Gasteiger partial charge in [-0.05, 0) is 61.6 Å². The molecule has 1 atom stereocenters. The summed E-state index contributed by atoms with van der Waals surface area (Å²) < 4.78 is 28.8. The van der Waals surface area contributed by atoms with Gasteiger partial charge in [0.2, 0.25) is 15.9 Å². The normalized spacial score (nSPS) is 15.8. The molecule has 0 fully saturated rings. The van der Waals surface area contributed by atoms with Gasteiger partial charge in [-0.2, -0.15) is 4.31 Å². The molecule has 1 aliphatic heterocycles. The number of nitrogens with zero attached hydrogens (tertiary/aromatic N) is 2. The molecular weight excluding hydrogens is 420 g/mol. The van der Waals surface area contributed by atoms with Crippen molar-refractivity contribution >= 4 is 21.6 Å². The molecule has 0 bridgehead atoms. The molecule has 0 N–H and O–H groups in total. The first-order valence-electron chi connectivity index (χ1n) is 10.8. The van der Waals surface area contributed by atoms with Crippen molar-refractivity contribution in [3.05, 3.63) is 95.1 Å².